The third-order valence-electron chi connectivity index (χ3n) is 5.71. The minimum absolute atomic E-state index is 0.0842. The molecule has 2 aromatic rings. The van der Waals surface area contributed by atoms with Crippen molar-refractivity contribution in [3.8, 4) is 11.8 Å². The van der Waals surface area contributed by atoms with Crippen molar-refractivity contribution in [2.45, 2.75) is 46.5 Å². The van der Waals surface area contributed by atoms with Crippen molar-refractivity contribution < 1.29 is 0 Å². The van der Waals surface area contributed by atoms with Crippen LogP contribution in [0, 0.1) is 23.2 Å². The Balaban J connectivity index is 1.79. The van der Waals surface area contributed by atoms with E-state index in [-0.39, 0.29) is 5.41 Å². The van der Waals surface area contributed by atoms with Gasteiger partial charge < -0.3 is 0 Å². The van der Waals surface area contributed by atoms with E-state index in [1.165, 1.54) is 29.5 Å². The summed E-state index contributed by atoms with van der Waals surface area (Å²) < 4.78 is 0. The number of benzene rings is 2. The zero-order valence-corrected chi connectivity index (χ0v) is 16.8. The maximum Gasteiger partial charge on any atom is 0.0558 e. The Labute approximate surface area is 165 Å². The van der Waals surface area contributed by atoms with Crippen molar-refractivity contribution in [1.29, 1.82) is 0 Å². The molecule has 1 aliphatic rings. The SMILES string of the molecule is CCCCc1ccc(C#CC2(CC)C=CC(c3ccccc3)=CC2C)cc1. The highest BCUT2D eigenvalue weighted by atomic mass is 14.3. The van der Waals surface area contributed by atoms with Gasteiger partial charge in [0.25, 0.3) is 0 Å². The summed E-state index contributed by atoms with van der Waals surface area (Å²) in [4.78, 5) is 0. The van der Waals surface area contributed by atoms with E-state index in [4.69, 9.17) is 0 Å². The molecule has 2 unspecified atom stereocenters. The predicted molar refractivity (Wildman–Crippen MR) is 117 cm³/mol. The first-order valence-electron chi connectivity index (χ1n) is 10.3. The van der Waals surface area contributed by atoms with Crippen LogP contribution in [0.25, 0.3) is 5.57 Å². The topological polar surface area (TPSA) is 0 Å². The minimum atomic E-state index is -0.0842. The molecular weight excluding hydrogens is 324 g/mol. The molecule has 0 radical (unpaired) electrons. The fourth-order valence-electron chi connectivity index (χ4n) is 3.69. The molecule has 0 spiro atoms. The molecule has 0 aliphatic heterocycles. The highest BCUT2D eigenvalue weighted by Gasteiger charge is 2.31. The molecule has 0 heterocycles. The van der Waals surface area contributed by atoms with E-state index >= 15 is 0 Å². The molecule has 0 heteroatoms. The number of unbranched alkanes of at least 4 members (excludes halogenated alkanes) is 1. The normalized spacial score (nSPS) is 21.3. The van der Waals surface area contributed by atoms with Gasteiger partial charge in [-0.3, -0.25) is 0 Å². The lowest BCUT2D eigenvalue weighted by atomic mass is 9.70. The van der Waals surface area contributed by atoms with Gasteiger partial charge in [-0.1, -0.05) is 99.7 Å². The van der Waals surface area contributed by atoms with Gasteiger partial charge in [-0.25, -0.2) is 0 Å². The third-order valence-corrected chi connectivity index (χ3v) is 5.71. The molecule has 0 fully saturated rings. The number of rotatable bonds is 5. The van der Waals surface area contributed by atoms with Gasteiger partial charge in [0, 0.05) is 5.56 Å². The Morgan fingerprint density at radius 3 is 2.33 bits per heavy atom. The van der Waals surface area contributed by atoms with E-state index in [1.807, 2.05) is 0 Å². The van der Waals surface area contributed by atoms with E-state index in [0.29, 0.717) is 5.92 Å². The van der Waals surface area contributed by atoms with Crippen molar-refractivity contribution in [1.82, 2.24) is 0 Å². The second kappa shape index (κ2) is 8.92. The van der Waals surface area contributed by atoms with Gasteiger partial charge in [-0.15, -0.1) is 0 Å². The Morgan fingerprint density at radius 1 is 0.963 bits per heavy atom. The lowest BCUT2D eigenvalue weighted by Gasteiger charge is -2.32. The standard InChI is InChI=1S/C27H30/c1-4-6-10-23-13-15-24(16-14-23)17-19-27(5-2)20-18-26(21-22(27)3)25-11-8-7-9-12-25/h7-9,11-16,18,20-22H,4-6,10H2,1-3H3. The van der Waals surface area contributed by atoms with Crippen molar-refractivity contribution in [3.05, 3.63) is 89.5 Å². The van der Waals surface area contributed by atoms with Crippen molar-refractivity contribution in [2.75, 3.05) is 0 Å². The molecule has 0 saturated heterocycles. The fraction of sp³-hybridized carbons (Fsp3) is 0.333. The Morgan fingerprint density at radius 2 is 1.70 bits per heavy atom. The second-order valence-corrected chi connectivity index (χ2v) is 7.55. The molecule has 27 heavy (non-hydrogen) atoms. The number of allylic oxidation sites excluding steroid dienone is 4. The number of hydrogen-bond donors (Lipinski definition) is 0. The summed E-state index contributed by atoms with van der Waals surface area (Å²) >= 11 is 0. The maximum atomic E-state index is 3.60. The highest BCUT2D eigenvalue weighted by molar-refractivity contribution is 5.76. The van der Waals surface area contributed by atoms with Gasteiger partial charge in [0.15, 0.2) is 0 Å². The van der Waals surface area contributed by atoms with E-state index in [9.17, 15) is 0 Å². The zero-order chi connectivity index (χ0) is 19.1. The molecule has 0 amide bonds. The van der Waals surface area contributed by atoms with Crippen LogP contribution in [0.1, 0.15) is 56.7 Å². The average Bonchev–Trinajstić information content (AvgIpc) is 2.73. The second-order valence-electron chi connectivity index (χ2n) is 7.55. The van der Waals surface area contributed by atoms with E-state index < -0.39 is 0 Å². The van der Waals surface area contributed by atoms with Crippen molar-refractivity contribution >= 4 is 5.57 Å². The largest absolute Gasteiger partial charge is 0.0863 e. The predicted octanol–water partition coefficient (Wildman–Crippen LogP) is 7.07. The Bertz CT molecular complexity index is 856. The summed E-state index contributed by atoms with van der Waals surface area (Å²) in [5.41, 5.74) is 5.02. The minimum Gasteiger partial charge on any atom is -0.0863 e. The molecule has 2 aromatic carbocycles. The molecule has 0 saturated carbocycles. The van der Waals surface area contributed by atoms with Crippen LogP contribution in [-0.2, 0) is 6.42 Å². The van der Waals surface area contributed by atoms with E-state index in [1.54, 1.807) is 0 Å². The first kappa shape index (κ1) is 19.2. The van der Waals surface area contributed by atoms with Crippen LogP contribution in [-0.4, -0.2) is 0 Å². The summed E-state index contributed by atoms with van der Waals surface area (Å²) in [6.07, 6.45) is 11.6. The molecule has 3 rings (SSSR count). The van der Waals surface area contributed by atoms with Crippen LogP contribution in [0.15, 0.2) is 72.8 Å². The molecule has 0 N–H and O–H groups in total. The van der Waals surface area contributed by atoms with Crippen molar-refractivity contribution in [3.63, 3.8) is 0 Å². The van der Waals surface area contributed by atoms with Crippen LogP contribution < -0.4 is 0 Å². The summed E-state index contributed by atoms with van der Waals surface area (Å²) in [7, 11) is 0. The first-order valence-corrected chi connectivity index (χ1v) is 10.3. The van der Waals surface area contributed by atoms with Crippen LogP contribution in [0.5, 0.6) is 0 Å². The molecule has 0 aromatic heterocycles. The molecule has 0 bridgehead atoms. The molecular formula is C27H30. The van der Waals surface area contributed by atoms with Crippen molar-refractivity contribution in [2.24, 2.45) is 11.3 Å². The lowest BCUT2D eigenvalue weighted by Crippen LogP contribution is -2.25. The molecule has 0 nitrogen and oxygen atoms in total. The third kappa shape index (κ3) is 4.61. The Hall–Kier alpha value is -2.52. The molecule has 138 valence electrons. The van der Waals surface area contributed by atoms with E-state index in [0.717, 1.165) is 18.4 Å². The van der Waals surface area contributed by atoms with Gasteiger partial charge in [0.2, 0.25) is 0 Å². The molecule has 1 aliphatic carbocycles. The van der Waals surface area contributed by atoms with Gasteiger partial charge >= 0.3 is 0 Å². The Kier molecular flexibility index (Phi) is 6.36. The molecule has 2 atom stereocenters. The van der Waals surface area contributed by atoms with Crippen LogP contribution >= 0.6 is 0 Å². The van der Waals surface area contributed by atoms with Gasteiger partial charge in [-0.05, 0) is 54.0 Å². The van der Waals surface area contributed by atoms with Gasteiger partial charge in [0.05, 0.1) is 5.41 Å². The summed E-state index contributed by atoms with van der Waals surface area (Å²) in [5, 5.41) is 0. The fourth-order valence-corrected chi connectivity index (χ4v) is 3.69. The summed E-state index contributed by atoms with van der Waals surface area (Å²) in [6, 6.07) is 19.4. The zero-order valence-electron chi connectivity index (χ0n) is 16.8. The van der Waals surface area contributed by atoms with Gasteiger partial charge in [0.1, 0.15) is 0 Å². The van der Waals surface area contributed by atoms with Crippen LogP contribution in [0.3, 0.4) is 0 Å². The summed E-state index contributed by atoms with van der Waals surface area (Å²) in [5.74, 6) is 7.44. The van der Waals surface area contributed by atoms with Crippen LogP contribution in [0.2, 0.25) is 0 Å². The van der Waals surface area contributed by atoms with Gasteiger partial charge in [-0.2, -0.15) is 0 Å². The number of aryl methyl sites for hydroxylation is 1. The number of hydrogen-bond acceptors (Lipinski definition) is 0. The van der Waals surface area contributed by atoms with Crippen LogP contribution in [0.4, 0.5) is 0 Å². The highest BCUT2D eigenvalue weighted by Crippen LogP contribution is 2.40. The smallest absolute Gasteiger partial charge is 0.0558 e. The monoisotopic (exact) mass is 354 g/mol. The first-order chi connectivity index (χ1) is 13.2. The quantitative estimate of drug-likeness (QED) is 0.504. The van der Waals surface area contributed by atoms with E-state index in [2.05, 4.69) is 105 Å². The average molecular weight is 355 g/mol. The lowest BCUT2D eigenvalue weighted by molar-refractivity contribution is 0.383. The maximum absolute atomic E-state index is 3.60. The summed E-state index contributed by atoms with van der Waals surface area (Å²) in [6.45, 7) is 6.77.